The Labute approximate surface area is 117 Å². The predicted octanol–water partition coefficient (Wildman–Crippen LogP) is 4.06. The zero-order valence-electron chi connectivity index (χ0n) is 11.9. The summed E-state index contributed by atoms with van der Waals surface area (Å²) in [5.41, 5.74) is 0. The molecule has 0 fully saturated rings. The Morgan fingerprint density at radius 2 is 1.20 bits per heavy atom. The number of hydrogen-bond acceptors (Lipinski definition) is 1. The number of allylic oxidation sites excluding steroid dienone is 4. The second-order valence-corrected chi connectivity index (χ2v) is 1.00. The van der Waals surface area contributed by atoms with Crippen LogP contribution < -0.4 is 0 Å². The molecular formula is C13H30OTi-8. The summed E-state index contributed by atoms with van der Waals surface area (Å²) < 4.78 is 0. The quantitative estimate of drug-likeness (QED) is 0.507. The first-order valence-electron chi connectivity index (χ1n) is 2.16. The van der Waals surface area contributed by atoms with Crippen molar-refractivity contribution in [2.24, 2.45) is 0 Å². The van der Waals surface area contributed by atoms with Gasteiger partial charge in [-0.25, -0.2) is 12.2 Å². The zero-order valence-corrected chi connectivity index (χ0v) is 13.4. The van der Waals surface area contributed by atoms with Gasteiger partial charge in [0.2, 0.25) is 0 Å². The third-order valence-electron chi connectivity index (χ3n) is 0.586. The average molecular weight is 250 g/mol. The maximum absolute atomic E-state index is 7.00. The van der Waals surface area contributed by atoms with Crippen LogP contribution in [-0.4, -0.2) is 12.2 Å². The van der Waals surface area contributed by atoms with Gasteiger partial charge in [-0.2, -0.15) is 6.08 Å². The van der Waals surface area contributed by atoms with Crippen LogP contribution in [0.2, 0.25) is 0 Å². The van der Waals surface area contributed by atoms with Crippen molar-refractivity contribution < 1.29 is 26.8 Å². The van der Waals surface area contributed by atoms with Crippen LogP contribution in [0.4, 0.5) is 0 Å². The van der Waals surface area contributed by atoms with Gasteiger partial charge in [-0.1, -0.05) is 0 Å². The second kappa shape index (κ2) is 92.2. The minimum atomic E-state index is 0. The molecule has 1 aliphatic rings. The van der Waals surface area contributed by atoms with E-state index in [2.05, 4.69) is 12.2 Å². The minimum absolute atomic E-state index is 0. The van der Waals surface area contributed by atoms with Gasteiger partial charge in [-0.15, -0.1) is 6.42 Å². The van der Waals surface area contributed by atoms with Gasteiger partial charge in [-0.05, 0) is 0 Å². The molecule has 0 bridgehead atoms. The molecule has 0 saturated heterocycles. The van der Waals surface area contributed by atoms with E-state index in [1.807, 2.05) is 12.2 Å². The van der Waals surface area contributed by atoms with Gasteiger partial charge in [-0.3, -0.25) is 6.08 Å². The largest absolute Gasteiger partial charge is 0.400 e. The van der Waals surface area contributed by atoms with Crippen LogP contribution in [-0.2, 0) is 21.7 Å². The Balaban J connectivity index is -0.00000000495. The topological polar surface area (TPSA) is 20.2 Å². The Bertz CT molecular complexity index is 68.6. The fourth-order valence-corrected chi connectivity index (χ4v) is 0.340. The predicted molar refractivity (Wildman–Crippen MR) is 74.6 cm³/mol. The van der Waals surface area contributed by atoms with Crippen molar-refractivity contribution in [3.8, 4) is 0 Å². The molecule has 1 nitrogen and oxygen atoms in total. The van der Waals surface area contributed by atoms with E-state index in [-0.39, 0.29) is 73.7 Å². The fourth-order valence-electron chi connectivity index (χ4n) is 0.340. The smallest absolute Gasteiger partial charge is 0.0319 e. The van der Waals surface area contributed by atoms with Crippen molar-refractivity contribution in [1.29, 1.82) is 0 Å². The molecule has 0 aliphatic heterocycles. The third-order valence-corrected chi connectivity index (χ3v) is 0.586. The molecule has 0 aromatic carbocycles. The molecule has 0 radical (unpaired) electrons. The van der Waals surface area contributed by atoms with E-state index in [9.17, 15) is 0 Å². The molecular weight excluding hydrogens is 220 g/mol. The Hall–Kier alpha value is 0.154. The zero-order chi connectivity index (χ0) is 5.54. The van der Waals surface area contributed by atoms with Gasteiger partial charge in [0.15, 0.2) is 0 Å². The first-order chi connectivity index (χ1) is 3.50. The van der Waals surface area contributed by atoms with E-state index in [4.69, 9.17) is 5.11 Å². The van der Waals surface area contributed by atoms with Crippen LogP contribution in [0, 0.1) is 58.1 Å². The fraction of sp³-hybridized carbons (Fsp3) is 0.154. The molecule has 0 aromatic heterocycles. The molecule has 0 unspecified atom stereocenters. The van der Waals surface area contributed by atoms with Gasteiger partial charge < -0.3 is 57.1 Å². The Kier molecular flexibility index (Phi) is 493. The standard InChI is InChI=1S/C5H5.CH4O.7CH3.Ti/c1-2-4-5-3-1;1-2;;;;;;;;/h1-3H,4H2;2H,1H3;7*1H3;/q-1;;7*-1;. The maximum Gasteiger partial charge on any atom is 0.0319 e. The van der Waals surface area contributed by atoms with Gasteiger partial charge in [0.05, 0.1) is 0 Å². The van der Waals surface area contributed by atoms with Gasteiger partial charge in [0, 0.05) is 28.8 Å². The SMILES string of the molecule is CO.[C-]1=CC=CC1.[CH3-].[CH3-].[CH3-].[CH3-].[CH3-].[CH3-].[CH3-].[Ti]. The summed E-state index contributed by atoms with van der Waals surface area (Å²) >= 11 is 0. The summed E-state index contributed by atoms with van der Waals surface area (Å²) in [6, 6.07) is 0. The van der Waals surface area contributed by atoms with Crippen LogP contribution in [0.15, 0.2) is 18.2 Å². The normalized spacial score (nSPS) is 6.27. The Morgan fingerprint density at radius 3 is 1.27 bits per heavy atom. The molecule has 1 N–H and O–H groups in total. The molecule has 0 heterocycles. The van der Waals surface area contributed by atoms with Gasteiger partial charge in [0.1, 0.15) is 0 Å². The molecule has 0 atom stereocenters. The first kappa shape index (κ1) is 80.2. The van der Waals surface area contributed by atoms with Crippen molar-refractivity contribution in [3.63, 3.8) is 0 Å². The summed E-state index contributed by atoms with van der Waals surface area (Å²) in [6.07, 6.45) is 10.0. The van der Waals surface area contributed by atoms with Crippen molar-refractivity contribution in [1.82, 2.24) is 0 Å². The summed E-state index contributed by atoms with van der Waals surface area (Å²) in [6.45, 7) is 0. The van der Waals surface area contributed by atoms with E-state index in [0.717, 1.165) is 13.5 Å². The monoisotopic (exact) mass is 250 g/mol. The summed E-state index contributed by atoms with van der Waals surface area (Å²) in [5.74, 6) is 0. The second-order valence-electron chi connectivity index (χ2n) is 1.00. The van der Waals surface area contributed by atoms with Crippen molar-refractivity contribution in [2.75, 3.05) is 7.11 Å². The molecule has 0 spiro atoms. The van der Waals surface area contributed by atoms with Gasteiger partial charge in [0.25, 0.3) is 0 Å². The molecule has 2 heteroatoms. The number of aliphatic hydroxyl groups is 1. The molecule has 1 aliphatic carbocycles. The van der Waals surface area contributed by atoms with E-state index in [0.29, 0.717) is 0 Å². The van der Waals surface area contributed by atoms with E-state index < -0.39 is 0 Å². The maximum atomic E-state index is 7.00. The molecule has 0 amide bonds. The minimum Gasteiger partial charge on any atom is -0.400 e. The summed E-state index contributed by atoms with van der Waals surface area (Å²) in [5, 5.41) is 7.00. The van der Waals surface area contributed by atoms with E-state index in [1.54, 1.807) is 0 Å². The van der Waals surface area contributed by atoms with Crippen LogP contribution in [0.1, 0.15) is 6.42 Å². The number of rotatable bonds is 0. The average Bonchev–Trinajstić information content (AvgIpc) is 2.23. The van der Waals surface area contributed by atoms with E-state index >= 15 is 0 Å². The van der Waals surface area contributed by atoms with Crippen molar-refractivity contribution in [2.45, 2.75) is 6.42 Å². The third kappa shape index (κ3) is 78.7. The molecule has 100 valence electrons. The Morgan fingerprint density at radius 1 is 0.867 bits per heavy atom. The van der Waals surface area contributed by atoms with Crippen LogP contribution in [0.3, 0.4) is 0 Å². The summed E-state index contributed by atoms with van der Waals surface area (Å²) in [4.78, 5) is 0. The van der Waals surface area contributed by atoms with Crippen LogP contribution in [0.5, 0.6) is 0 Å². The first-order valence-corrected chi connectivity index (χ1v) is 2.16. The van der Waals surface area contributed by atoms with Crippen molar-refractivity contribution in [3.05, 3.63) is 76.3 Å². The van der Waals surface area contributed by atoms with Crippen molar-refractivity contribution >= 4 is 0 Å². The number of hydrogen-bond donors (Lipinski definition) is 1. The molecule has 15 heavy (non-hydrogen) atoms. The van der Waals surface area contributed by atoms with Crippen LogP contribution >= 0.6 is 0 Å². The molecule has 0 aromatic rings. The van der Waals surface area contributed by atoms with E-state index in [1.165, 1.54) is 0 Å². The van der Waals surface area contributed by atoms with Gasteiger partial charge >= 0.3 is 0 Å². The number of aliphatic hydroxyl groups excluding tert-OH is 1. The molecule has 0 saturated carbocycles. The van der Waals surface area contributed by atoms with Crippen LogP contribution in [0.25, 0.3) is 0 Å². The summed E-state index contributed by atoms with van der Waals surface area (Å²) in [7, 11) is 1.00. The molecule has 1 rings (SSSR count).